The van der Waals surface area contributed by atoms with Gasteiger partial charge in [-0.2, -0.15) is 4.99 Å². The Hall–Kier alpha value is -1.96. The number of carbonyl (C=O) groups excluding carboxylic acids is 2. The zero-order chi connectivity index (χ0) is 18.0. The fraction of sp³-hybridized carbons (Fsp3) is 0.118. The van der Waals surface area contributed by atoms with Gasteiger partial charge in [0.2, 0.25) is 0 Å². The molecule has 0 bridgehead atoms. The molecule has 0 fully saturated rings. The first-order valence-corrected chi connectivity index (χ1v) is 9.17. The van der Waals surface area contributed by atoms with Gasteiger partial charge < -0.3 is 9.30 Å². The Balaban J connectivity index is 2.17. The Morgan fingerprint density at radius 1 is 1.28 bits per heavy atom. The number of halogens is 2. The number of esters is 1. The van der Waals surface area contributed by atoms with E-state index in [9.17, 15) is 9.59 Å². The molecule has 0 spiro atoms. The van der Waals surface area contributed by atoms with Gasteiger partial charge in [-0.3, -0.25) is 9.59 Å². The molecule has 0 unspecified atom stereocenters. The zero-order valence-electron chi connectivity index (χ0n) is 13.0. The number of rotatable bonds is 3. The van der Waals surface area contributed by atoms with Crippen LogP contribution in [0.1, 0.15) is 10.4 Å². The van der Waals surface area contributed by atoms with Gasteiger partial charge in [0.1, 0.15) is 6.54 Å². The van der Waals surface area contributed by atoms with Crippen molar-refractivity contribution in [2.45, 2.75) is 6.54 Å². The smallest absolute Gasteiger partial charge is 0.325 e. The summed E-state index contributed by atoms with van der Waals surface area (Å²) in [4.78, 5) is 28.9. The molecular weight excluding hydrogens is 428 g/mol. The Labute approximate surface area is 160 Å². The highest BCUT2D eigenvalue weighted by atomic mass is 79.9. The highest BCUT2D eigenvalue weighted by Crippen LogP contribution is 2.22. The number of nitrogens with zero attached hydrogens (tertiary/aromatic N) is 2. The molecule has 0 saturated heterocycles. The van der Waals surface area contributed by atoms with Gasteiger partial charge in [0, 0.05) is 9.50 Å². The highest BCUT2D eigenvalue weighted by molar-refractivity contribution is 9.10. The van der Waals surface area contributed by atoms with Crippen molar-refractivity contribution in [2.24, 2.45) is 4.99 Å². The van der Waals surface area contributed by atoms with Gasteiger partial charge in [-0.05, 0) is 46.3 Å². The second-order valence-electron chi connectivity index (χ2n) is 5.06. The number of ether oxygens (including phenoxy) is 1. The van der Waals surface area contributed by atoms with E-state index in [-0.39, 0.29) is 6.54 Å². The lowest BCUT2D eigenvalue weighted by atomic mass is 10.2. The summed E-state index contributed by atoms with van der Waals surface area (Å²) in [6, 6.07) is 12.3. The van der Waals surface area contributed by atoms with E-state index in [1.807, 2.05) is 6.07 Å². The molecule has 0 aliphatic rings. The number of methoxy groups -OCH3 is 1. The zero-order valence-corrected chi connectivity index (χ0v) is 16.2. The van der Waals surface area contributed by atoms with Crippen molar-refractivity contribution in [3.05, 3.63) is 62.3 Å². The fourth-order valence-corrected chi connectivity index (χ4v) is 4.02. The van der Waals surface area contributed by atoms with Crippen LogP contribution in [0.25, 0.3) is 10.2 Å². The van der Waals surface area contributed by atoms with Gasteiger partial charge in [0.05, 0.1) is 22.9 Å². The van der Waals surface area contributed by atoms with Crippen molar-refractivity contribution in [3.8, 4) is 0 Å². The van der Waals surface area contributed by atoms with E-state index < -0.39 is 11.9 Å². The molecule has 128 valence electrons. The monoisotopic (exact) mass is 438 g/mol. The molecule has 5 nitrogen and oxygen atoms in total. The summed E-state index contributed by atoms with van der Waals surface area (Å²) in [5.41, 5.74) is 1.21. The molecule has 0 aliphatic carbocycles. The van der Waals surface area contributed by atoms with Crippen molar-refractivity contribution < 1.29 is 14.3 Å². The predicted octanol–water partition coefficient (Wildman–Crippen LogP) is 4.03. The van der Waals surface area contributed by atoms with E-state index in [0.717, 1.165) is 10.2 Å². The number of thiazole rings is 1. The van der Waals surface area contributed by atoms with Crippen LogP contribution >= 0.6 is 38.9 Å². The quantitative estimate of drug-likeness (QED) is 0.579. The first-order chi connectivity index (χ1) is 12.0. The molecule has 0 N–H and O–H groups in total. The summed E-state index contributed by atoms with van der Waals surface area (Å²) in [5.74, 6) is -0.826. The second-order valence-corrected chi connectivity index (χ2v) is 7.36. The molecule has 25 heavy (non-hydrogen) atoms. The van der Waals surface area contributed by atoms with E-state index in [2.05, 4.69) is 20.9 Å². The normalized spacial score (nSPS) is 11.7. The predicted molar refractivity (Wildman–Crippen MR) is 101 cm³/mol. The third-order valence-corrected chi connectivity index (χ3v) is 5.43. The summed E-state index contributed by atoms with van der Waals surface area (Å²) in [6.07, 6.45) is 0. The maximum Gasteiger partial charge on any atom is 0.325 e. The number of hydrogen-bond acceptors (Lipinski definition) is 4. The van der Waals surface area contributed by atoms with Gasteiger partial charge in [0.25, 0.3) is 5.91 Å². The summed E-state index contributed by atoms with van der Waals surface area (Å²) in [5, 5.41) is 0.572. The average Bonchev–Trinajstić information content (AvgIpc) is 2.91. The molecule has 3 rings (SSSR count). The molecule has 8 heteroatoms. The summed E-state index contributed by atoms with van der Waals surface area (Å²) in [6.45, 7) is -0.0415. The van der Waals surface area contributed by atoms with E-state index in [4.69, 9.17) is 16.3 Å². The highest BCUT2D eigenvalue weighted by Gasteiger charge is 2.14. The molecule has 0 saturated carbocycles. The van der Waals surface area contributed by atoms with Crippen LogP contribution in [0.3, 0.4) is 0 Å². The number of aromatic nitrogens is 1. The van der Waals surface area contributed by atoms with Gasteiger partial charge in [0.15, 0.2) is 4.80 Å². The molecule has 3 aromatic rings. The lowest BCUT2D eigenvalue weighted by Crippen LogP contribution is -2.22. The van der Waals surface area contributed by atoms with Crippen LogP contribution in [-0.4, -0.2) is 23.6 Å². The third kappa shape index (κ3) is 3.84. The minimum atomic E-state index is -0.426. The Morgan fingerprint density at radius 3 is 2.76 bits per heavy atom. The number of amides is 1. The molecule has 2 aromatic carbocycles. The summed E-state index contributed by atoms with van der Waals surface area (Å²) < 4.78 is 7.88. The third-order valence-electron chi connectivity index (χ3n) is 3.46. The lowest BCUT2D eigenvalue weighted by Gasteiger charge is -2.04. The molecule has 0 radical (unpaired) electrons. The van der Waals surface area contributed by atoms with E-state index >= 15 is 0 Å². The van der Waals surface area contributed by atoms with Crippen LogP contribution < -0.4 is 4.80 Å². The van der Waals surface area contributed by atoms with Gasteiger partial charge >= 0.3 is 5.97 Å². The first-order valence-electron chi connectivity index (χ1n) is 7.19. The maximum atomic E-state index is 12.5. The Bertz CT molecular complexity index is 1040. The summed E-state index contributed by atoms with van der Waals surface area (Å²) >= 11 is 10.7. The second kappa shape index (κ2) is 7.51. The van der Waals surface area contributed by atoms with Crippen LogP contribution in [0.4, 0.5) is 0 Å². The van der Waals surface area contributed by atoms with Crippen molar-refractivity contribution in [3.63, 3.8) is 0 Å². The first kappa shape index (κ1) is 17.8. The molecule has 1 heterocycles. The van der Waals surface area contributed by atoms with Crippen LogP contribution in [0.15, 0.2) is 51.9 Å². The van der Waals surface area contributed by atoms with E-state index in [1.54, 1.807) is 41.0 Å². The molecular formula is C17H12BrClN2O3S. The molecule has 0 aliphatic heterocycles. The van der Waals surface area contributed by atoms with Crippen molar-refractivity contribution in [1.82, 2.24) is 4.57 Å². The largest absolute Gasteiger partial charge is 0.468 e. The number of carbonyl (C=O) groups is 2. The Kier molecular flexibility index (Phi) is 5.36. The van der Waals surface area contributed by atoms with Gasteiger partial charge in [-0.1, -0.05) is 35.1 Å². The fourth-order valence-electron chi connectivity index (χ4n) is 2.26. The minimum absolute atomic E-state index is 0.0415. The van der Waals surface area contributed by atoms with Crippen LogP contribution in [0.2, 0.25) is 5.02 Å². The summed E-state index contributed by atoms with van der Waals surface area (Å²) in [7, 11) is 1.32. The Morgan fingerprint density at radius 2 is 2.04 bits per heavy atom. The van der Waals surface area contributed by atoms with Crippen LogP contribution in [0.5, 0.6) is 0 Å². The lowest BCUT2D eigenvalue weighted by molar-refractivity contribution is -0.141. The topological polar surface area (TPSA) is 60.7 Å². The number of hydrogen-bond donors (Lipinski definition) is 0. The van der Waals surface area contributed by atoms with Gasteiger partial charge in [-0.25, -0.2) is 0 Å². The van der Waals surface area contributed by atoms with E-state index in [1.165, 1.54) is 18.4 Å². The number of fused-ring (bicyclic) bond motifs is 1. The SMILES string of the molecule is COC(=O)Cn1c(=NC(=O)c2ccccc2Br)sc2cc(Cl)ccc21. The standard InChI is InChI=1S/C17H12BrClN2O3S/c1-24-15(22)9-21-13-7-6-10(19)8-14(13)25-17(21)20-16(23)11-4-2-3-5-12(11)18/h2-8H,9H2,1H3. The van der Waals surface area contributed by atoms with Crippen molar-refractivity contribution >= 4 is 61.0 Å². The average molecular weight is 440 g/mol. The molecule has 1 aromatic heterocycles. The van der Waals surface area contributed by atoms with Crippen molar-refractivity contribution in [1.29, 1.82) is 0 Å². The minimum Gasteiger partial charge on any atom is -0.468 e. The molecule has 0 atom stereocenters. The van der Waals surface area contributed by atoms with Gasteiger partial charge in [-0.15, -0.1) is 0 Å². The van der Waals surface area contributed by atoms with E-state index in [0.29, 0.717) is 19.9 Å². The molecule has 1 amide bonds. The maximum absolute atomic E-state index is 12.5. The van der Waals surface area contributed by atoms with Crippen molar-refractivity contribution in [2.75, 3.05) is 7.11 Å². The van der Waals surface area contributed by atoms with Crippen LogP contribution in [0, 0.1) is 0 Å². The number of benzene rings is 2. The van der Waals surface area contributed by atoms with Crippen LogP contribution in [-0.2, 0) is 16.1 Å².